The van der Waals surface area contributed by atoms with Crippen LogP contribution < -0.4 is 11.1 Å². The predicted molar refractivity (Wildman–Crippen MR) is 64.6 cm³/mol. The molecule has 6 heteroatoms. The monoisotopic (exact) mass is 258 g/mol. The van der Waals surface area contributed by atoms with Crippen molar-refractivity contribution >= 4 is 11.7 Å². The molecule has 4 N–H and O–H groups in total. The maximum atomic E-state index is 13.6. The number of carbonyl (C=O) groups is 1. The number of rotatable bonds is 5. The highest BCUT2D eigenvalue weighted by Gasteiger charge is 2.20. The van der Waals surface area contributed by atoms with Crippen molar-refractivity contribution in [3.8, 4) is 0 Å². The Hall–Kier alpha value is -1.69. The minimum absolute atomic E-state index is 0.0818. The smallest absolute Gasteiger partial charge is 0.338 e. The molecule has 0 heterocycles. The van der Waals surface area contributed by atoms with E-state index >= 15 is 0 Å². The predicted octanol–water partition coefficient (Wildman–Crippen LogP) is 2.06. The Bertz CT molecular complexity index is 450. The number of nitrogens with one attached hydrogen (secondary N) is 1. The summed E-state index contributed by atoms with van der Waals surface area (Å²) in [5.74, 6) is -3.94. The van der Waals surface area contributed by atoms with Crippen LogP contribution in [0.4, 0.5) is 14.5 Å². The number of carboxylic acids is 1. The van der Waals surface area contributed by atoms with Crippen LogP contribution in [0.25, 0.3) is 0 Å². The van der Waals surface area contributed by atoms with Gasteiger partial charge in [-0.2, -0.15) is 0 Å². The third kappa shape index (κ3) is 2.95. The van der Waals surface area contributed by atoms with Crippen molar-refractivity contribution in [1.29, 1.82) is 0 Å². The molecule has 1 unspecified atom stereocenters. The van der Waals surface area contributed by atoms with E-state index in [1.54, 1.807) is 0 Å². The second kappa shape index (κ2) is 5.77. The number of hydrogen-bond donors (Lipinski definition) is 3. The molecule has 0 bridgehead atoms. The summed E-state index contributed by atoms with van der Waals surface area (Å²) in [4.78, 5) is 10.6. The summed E-state index contributed by atoms with van der Waals surface area (Å²) in [6.07, 6.45) is 0. The summed E-state index contributed by atoms with van der Waals surface area (Å²) in [6.45, 7) is 4.05. The van der Waals surface area contributed by atoms with Gasteiger partial charge < -0.3 is 16.2 Å². The van der Waals surface area contributed by atoms with Gasteiger partial charge >= 0.3 is 5.97 Å². The first-order chi connectivity index (χ1) is 8.38. The second-order valence-electron chi connectivity index (χ2n) is 4.32. The van der Waals surface area contributed by atoms with E-state index in [1.165, 1.54) is 6.07 Å². The lowest BCUT2D eigenvalue weighted by Crippen LogP contribution is -2.34. The highest BCUT2D eigenvalue weighted by Crippen LogP contribution is 2.22. The zero-order chi connectivity index (χ0) is 13.9. The van der Waals surface area contributed by atoms with Crippen LogP contribution in [0.2, 0.25) is 0 Å². The van der Waals surface area contributed by atoms with Crippen molar-refractivity contribution in [2.75, 3.05) is 11.9 Å². The summed E-state index contributed by atoms with van der Waals surface area (Å²) in [5.41, 5.74) is 4.75. The third-order valence-electron chi connectivity index (χ3n) is 2.71. The van der Waals surface area contributed by atoms with Gasteiger partial charge in [-0.1, -0.05) is 13.8 Å². The van der Waals surface area contributed by atoms with Crippen molar-refractivity contribution in [3.05, 3.63) is 29.3 Å². The number of anilines is 1. The fourth-order valence-electron chi connectivity index (χ4n) is 1.52. The molecule has 0 aliphatic heterocycles. The first-order valence-electron chi connectivity index (χ1n) is 5.56. The van der Waals surface area contributed by atoms with Crippen molar-refractivity contribution in [2.45, 2.75) is 19.9 Å². The number of halogens is 2. The van der Waals surface area contributed by atoms with Crippen LogP contribution in [0.5, 0.6) is 0 Å². The van der Waals surface area contributed by atoms with E-state index in [4.69, 9.17) is 10.8 Å². The molecule has 0 aliphatic carbocycles. The lowest BCUT2D eigenvalue weighted by atomic mass is 10.0. The molecule has 0 aromatic heterocycles. The van der Waals surface area contributed by atoms with Crippen LogP contribution in [0.15, 0.2) is 12.1 Å². The zero-order valence-corrected chi connectivity index (χ0v) is 10.2. The normalized spacial score (nSPS) is 12.6. The topological polar surface area (TPSA) is 75.3 Å². The average Bonchev–Trinajstić information content (AvgIpc) is 2.30. The van der Waals surface area contributed by atoms with Gasteiger partial charge in [-0.05, 0) is 18.1 Å². The number of nitrogens with two attached hydrogens (primary N) is 1. The Balaban J connectivity index is 3.05. The van der Waals surface area contributed by atoms with E-state index in [-0.39, 0.29) is 24.2 Å². The molecule has 0 radical (unpaired) electrons. The summed E-state index contributed by atoms with van der Waals surface area (Å²) < 4.78 is 27.1. The summed E-state index contributed by atoms with van der Waals surface area (Å²) >= 11 is 0. The highest BCUT2D eigenvalue weighted by molar-refractivity contribution is 5.88. The Morgan fingerprint density at radius 2 is 2.00 bits per heavy atom. The van der Waals surface area contributed by atoms with Crippen LogP contribution in [0.1, 0.15) is 24.2 Å². The van der Waals surface area contributed by atoms with Gasteiger partial charge in [-0.15, -0.1) is 0 Å². The van der Waals surface area contributed by atoms with Crippen LogP contribution in [0, 0.1) is 17.6 Å². The molecule has 0 saturated heterocycles. The lowest BCUT2D eigenvalue weighted by molar-refractivity contribution is 0.0690. The molecule has 1 aromatic carbocycles. The van der Waals surface area contributed by atoms with Gasteiger partial charge in [0.05, 0.1) is 11.3 Å². The van der Waals surface area contributed by atoms with Gasteiger partial charge in [0.2, 0.25) is 0 Å². The molecular formula is C12H16F2N2O2. The third-order valence-corrected chi connectivity index (χ3v) is 2.71. The molecule has 1 atom stereocenters. The molecule has 0 amide bonds. The van der Waals surface area contributed by atoms with Crippen LogP contribution in [-0.2, 0) is 0 Å². The Morgan fingerprint density at radius 3 is 2.44 bits per heavy atom. The molecule has 4 nitrogen and oxygen atoms in total. The quantitative estimate of drug-likeness (QED) is 0.755. The molecule has 1 rings (SSSR count). The van der Waals surface area contributed by atoms with Gasteiger partial charge in [0.1, 0.15) is 0 Å². The van der Waals surface area contributed by atoms with Crippen LogP contribution in [0.3, 0.4) is 0 Å². The minimum atomic E-state index is -1.50. The second-order valence-corrected chi connectivity index (χ2v) is 4.32. The van der Waals surface area contributed by atoms with Crippen LogP contribution >= 0.6 is 0 Å². The van der Waals surface area contributed by atoms with Gasteiger partial charge in [0, 0.05) is 12.6 Å². The maximum absolute atomic E-state index is 13.6. The van der Waals surface area contributed by atoms with Crippen molar-refractivity contribution in [3.63, 3.8) is 0 Å². The molecule has 18 heavy (non-hydrogen) atoms. The standard InChI is InChI=1S/C12H16F2N2O2/c1-6(2)9(5-15)16-8-4-3-7(12(17)18)10(13)11(8)14/h3-4,6,9,16H,5,15H2,1-2H3,(H,17,18). The van der Waals surface area contributed by atoms with Crippen molar-refractivity contribution in [2.24, 2.45) is 11.7 Å². The van der Waals surface area contributed by atoms with Crippen molar-refractivity contribution in [1.82, 2.24) is 0 Å². The highest BCUT2D eigenvalue weighted by atomic mass is 19.2. The SMILES string of the molecule is CC(C)C(CN)Nc1ccc(C(=O)O)c(F)c1F. The Labute approximate surface area is 104 Å². The number of aromatic carboxylic acids is 1. The molecule has 100 valence electrons. The van der Waals surface area contributed by atoms with E-state index in [0.29, 0.717) is 0 Å². The lowest BCUT2D eigenvalue weighted by Gasteiger charge is -2.22. The van der Waals surface area contributed by atoms with Gasteiger partial charge in [-0.25, -0.2) is 13.6 Å². The summed E-state index contributed by atoms with van der Waals surface area (Å²) in [6, 6.07) is 2.01. The van der Waals surface area contributed by atoms with Gasteiger partial charge in [0.25, 0.3) is 0 Å². The zero-order valence-electron chi connectivity index (χ0n) is 10.2. The van der Waals surface area contributed by atoms with Gasteiger partial charge in [-0.3, -0.25) is 0 Å². The first-order valence-corrected chi connectivity index (χ1v) is 5.56. The van der Waals surface area contributed by atoms with E-state index in [1.807, 2.05) is 13.8 Å². The first kappa shape index (κ1) is 14.4. The Kier molecular flexibility index (Phi) is 4.61. The van der Waals surface area contributed by atoms with Gasteiger partial charge in [0.15, 0.2) is 11.6 Å². The number of carboxylic acid groups (broad SMARTS) is 1. The van der Waals surface area contributed by atoms with Crippen molar-refractivity contribution < 1.29 is 18.7 Å². The molecule has 0 aliphatic rings. The molecule has 0 spiro atoms. The fourth-order valence-corrected chi connectivity index (χ4v) is 1.52. The van der Waals surface area contributed by atoms with E-state index in [9.17, 15) is 13.6 Å². The van der Waals surface area contributed by atoms with E-state index < -0.39 is 23.2 Å². The van der Waals surface area contributed by atoms with Crippen LogP contribution in [-0.4, -0.2) is 23.7 Å². The number of hydrogen-bond acceptors (Lipinski definition) is 3. The summed E-state index contributed by atoms with van der Waals surface area (Å²) in [7, 11) is 0. The van der Waals surface area contributed by atoms with E-state index in [0.717, 1.165) is 6.07 Å². The number of benzene rings is 1. The Morgan fingerprint density at radius 1 is 1.39 bits per heavy atom. The molecular weight excluding hydrogens is 242 g/mol. The molecule has 1 aromatic rings. The maximum Gasteiger partial charge on any atom is 0.338 e. The largest absolute Gasteiger partial charge is 0.478 e. The average molecular weight is 258 g/mol. The fraction of sp³-hybridized carbons (Fsp3) is 0.417. The van der Waals surface area contributed by atoms with E-state index in [2.05, 4.69) is 5.32 Å². The molecule has 0 fully saturated rings. The molecule has 0 saturated carbocycles. The minimum Gasteiger partial charge on any atom is -0.478 e. The summed E-state index contributed by atoms with van der Waals surface area (Å²) in [5, 5.41) is 11.4.